The Labute approximate surface area is 138 Å². The van der Waals surface area contributed by atoms with Crippen LogP contribution in [0.3, 0.4) is 0 Å². The number of ether oxygens (including phenoxy) is 1. The van der Waals surface area contributed by atoms with E-state index in [1.54, 1.807) is 6.92 Å². The first-order chi connectivity index (χ1) is 10.8. The standard InChI is InChI=1S/C18H28N2O3/c1-6-13(4)23-18(22)20-17(21)16(12(2)3)19-14(5)15-10-8-7-9-11-15/h7-14,16,19H,6H2,1-5H3,(H,20,21,22)/t13-,14?,16-/m0/s1. The molecule has 1 aromatic rings. The zero-order valence-corrected chi connectivity index (χ0v) is 14.6. The number of nitrogens with one attached hydrogen (secondary N) is 2. The molecule has 0 fully saturated rings. The third-order valence-corrected chi connectivity index (χ3v) is 3.79. The molecule has 23 heavy (non-hydrogen) atoms. The Morgan fingerprint density at radius 3 is 2.22 bits per heavy atom. The second kappa shape index (κ2) is 9.30. The molecule has 0 aliphatic carbocycles. The SMILES string of the molecule is CC[C@H](C)OC(=O)NC(=O)[C@@H](NC(C)c1ccccc1)C(C)C. The molecule has 0 saturated heterocycles. The Balaban J connectivity index is 2.67. The van der Waals surface area contributed by atoms with Gasteiger partial charge in [-0.3, -0.25) is 15.4 Å². The van der Waals surface area contributed by atoms with E-state index in [-0.39, 0.29) is 24.0 Å². The van der Waals surface area contributed by atoms with Crippen LogP contribution >= 0.6 is 0 Å². The summed E-state index contributed by atoms with van der Waals surface area (Å²) < 4.78 is 5.09. The monoisotopic (exact) mass is 320 g/mol. The average Bonchev–Trinajstić information content (AvgIpc) is 2.52. The smallest absolute Gasteiger partial charge is 0.414 e. The molecule has 128 valence electrons. The lowest BCUT2D eigenvalue weighted by Gasteiger charge is -2.25. The van der Waals surface area contributed by atoms with Crippen LogP contribution in [0.1, 0.15) is 52.6 Å². The van der Waals surface area contributed by atoms with Crippen LogP contribution in [0.15, 0.2) is 30.3 Å². The fourth-order valence-electron chi connectivity index (χ4n) is 2.15. The van der Waals surface area contributed by atoms with Gasteiger partial charge in [-0.2, -0.15) is 0 Å². The van der Waals surface area contributed by atoms with E-state index < -0.39 is 12.1 Å². The maximum atomic E-state index is 12.4. The molecule has 1 aromatic carbocycles. The molecule has 3 atom stereocenters. The Kier molecular flexibility index (Phi) is 7.75. The van der Waals surface area contributed by atoms with Gasteiger partial charge >= 0.3 is 6.09 Å². The number of hydrogen-bond donors (Lipinski definition) is 2. The number of alkyl carbamates (subject to hydrolysis) is 1. The highest BCUT2D eigenvalue weighted by molar-refractivity contribution is 5.95. The number of benzene rings is 1. The molecule has 5 nitrogen and oxygen atoms in total. The molecule has 0 radical (unpaired) electrons. The quantitative estimate of drug-likeness (QED) is 0.808. The van der Waals surface area contributed by atoms with Gasteiger partial charge in [-0.1, -0.05) is 51.1 Å². The molecule has 0 aliphatic heterocycles. The highest BCUT2D eigenvalue weighted by Crippen LogP contribution is 2.14. The van der Waals surface area contributed by atoms with E-state index in [0.29, 0.717) is 6.42 Å². The maximum Gasteiger partial charge on any atom is 0.414 e. The normalized spacial score (nSPS) is 14.9. The molecule has 1 rings (SSSR count). The molecule has 0 heterocycles. The van der Waals surface area contributed by atoms with Crippen molar-refractivity contribution in [1.29, 1.82) is 0 Å². The van der Waals surface area contributed by atoms with Gasteiger partial charge in [0.15, 0.2) is 0 Å². The number of hydrogen-bond acceptors (Lipinski definition) is 4. The molecular formula is C18H28N2O3. The molecule has 1 unspecified atom stereocenters. The third kappa shape index (κ3) is 6.40. The van der Waals surface area contributed by atoms with Crippen LogP contribution in [0.2, 0.25) is 0 Å². The van der Waals surface area contributed by atoms with Gasteiger partial charge in [0.1, 0.15) is 6.10 Å². The van der Waals surface area contributed by atoms with Crippen molar-refractivity contribution in [2.24, 2.45) is 5.92 Å². The Morgan fingerprint density at radius 2 is 1.70 bits per heavy atom. The summed E-state index contributed by atoms with van der Waals surface area (Å²) in [6.45, 7) is 9.58. The fraction of sp³-hybridized carbons (Fsp3) is 0.556. The first kappa shape index (κ1) is 19.2. The van der Waals surface area contributed by atoms with Crippen LogP contribution in [-0.4, -0.2) is 24.1 Å². The number of carbonyl (C=O) groups excluding carboxylic acids is 2. The highest BCUT2D eigenvalue weighted by Gasteiger charge is 2.26. The minimum absolute atomic E-state index is 0.0000594. The van der Waals surface area contributed by atoms with Crippen LogP contribution < -0.4 is 10.6 Å². The van der Waals surface area contributed by atoms with Crippen molar-refractivity contribution in [3.8, 4) is 0 Å². The minimum atomic E-state index is -0.691. The van der Waals surface area contributed by atoms with E-state index in [9.17, 15) is 9.59 Å². The predicted molar refractivity (Wildman–Crippen MR) is 91.0 cm³/mol. The van der Waals surface area contributed by atoms with Crippen LogP contribution in [0, 0.1) is 5.92 Å². The van der Waals surface area contributed by atoms with E-state index in [1.165, 1.54) is 0 Å². The van der Waals surface area contributed by atoms with Crippen LogP contribution in [0.4, 0.5) is 4.79 Å². The van der Waals surface area contributed by atoms with E-state index in [4.69, 9.17) is 4.74 Å². The molecule has 0 spiro atoms. The summed E-state index contributed by atoms with van der Waals surface area (Å²) >= 11 is 0. The predicted octanol–water partition coefficient (Wildman–Crippen LogP) is 3.41. The molecule has 2 amide bonds. The number of amides is 2. The van der Waals surface area contributed by atoms with Gasteiger partial charge in [0.2, 0.25) is 5.91 Å². The van der Waals surface area contributed by atoms with Crippen molar-refractivity contribution in [1.82, 2.24) is 10.6 Å². The highest BCUT2D eigenvalue weighted by atomic mass is 16.6. The average molecular weight is 320 g/mol. The van der Waals surface area contributed by atoms with E-state index in [0.717, 1.165) is 5.56 Å². The first-order valence-electron chi connectivity index (χ1n) is 8.17. The second-order valence-electron chi connectivity index (χ2n) is 6.13. The number of rotatable bonds is 7. The molecule has 0 aliphatic rings. The van der Waals surface area contributed by atoms with Crippen LogP contribution in [0.5, 0.6) is 0 Å². The summed E-state index contributed by atoms with van der Waals surface area (Å²) in [6.07, 6.45) is -0.195. The number of imide groups is 1. The van der Waals surface area contributed by atoms with E-state index in [2.05, 4.69) is 10.6 Å². The first-order valence-corrected chi connectivity index (χ1v) is 8.17. The largest absolute Gasteiger partial charge is 0.446 e. The van der Waals surface area contributed by atoms with Gasteiger partial charge in [-0.25, -0.2) is 4.79 Å². The topological polar surface area (TPSA) is 67.4 Å². The van der Waals surface area contributed by atoms with Gasteiger partial charge in [0.25, 0.3) is 0 Å². The second-order valence-corrected chi connectivity index (χ2v) is 6.13. The summed E-state index contributed by atoms with van der Waals surface area (Å²) in [5, 5.41) is 5.61. The summed E-state index contributed by atoms with van der Waals surface area (Å²) in [5.41, 5.74) is 1.09. The molecule has 0 aromatic heterocycles. The van der Waals surface area contributed by atoms with Crippen molar-refractivity contribution in [2.45, 2.75) is 59.2 Å². The summed E-state index contributed by atoms with van der Waals surface area (Å²) in [5.74, 6) is -0.325. The Bertz CT molecular complexity index is 502. The molecule has 0 bridgehead atoms. The van der Waals surface area contributed by atoms with Gasteiger partial charge in [-0.15, -0.1) is 0 Å². The van der Waals surface area contributed by atoms with Gasteiger partial charge in [0.05, 0.1) is 6.04 Å². The lowest BCUT2D eigenvalue weighted by molar-refractivity contribution is -0.123. The molecule has 0 saturated carbocycles. The summed E-state index contributed by atoms with van der Waals surface area (Å²) in [7, 11) is 0. The van der Waals surface area contributed by atoms with Crippen LogP contribution in [0.25, 0.3) is 0 Å². The van der Waals surface area contributed by atoms with Crippen molar-refractivity contribution in [2.75, 3.05) is 0 Å². The lowest BCUT2D eigenvalue weighted by atomic mass is 10.0. The minimum Gasteiger partial charge on any atom is -0.446 e. The molecular weight excluding hydrogens is 292 g/mol. The zero-order chi connectivity index (χ0) is 17.4. The third-order valence-electron chi connectivity index (χ3n) is 3.79. The summed E-state index contributed by atoms with van der Waals surface area (Å²) in [4.78, 5) is 24.1. The number of carbonyl (C=O) groups is 2. The fourth-order valence-corrected chi connectivity index (χ4v) is 2.15. The maximum absolute atomic E-state index is 12.4. The molecule has 2 N–H and O–H groups in total. The lowest BCUT2D eigenvalue weighted by Crippen LogP contribution is -2.50. The van der Waals surface area contributed by atoms with Crippen molar-refractivity contribution in [3.63, 3.8) is 0 Å². The Hall–Kier alpha value is -1.88. The van der Waals surface area contributed by atoms with Gasteiger partial charge < -0.3 is 4.74 Å². The van der Waals surface area contributed by atoms with Crippen LogP contribution in [-0.2, 0) is 9.53 Å². The van der Waals surface area contributed by atoms with Gasteiger partial charge in [-0.05, 0) is 31.7 Å². The van der Waals surface area contributed by atoms with Crippen molar-refractivity contribution in [3.05, 3.63) is 35.9 Å². The van der Waals surface area contributed by atoms with E-state index >= 15 is 0 Å². The van der Waals surface area contributed by atoms with Gasteiger partial charge in [0, 0.05) is 6.04 Å². The van der Waals surface area contributed by atoms with E-state index in [1.807, 2.05) is 58.0 Å². The van der Waals surface area contributed by atoms with Crippen molar-refractivity contribution >= 4 is 12.0 Å². The zero-order valence-electron chi connectivity index (χ0n) is 14.6. The van der Waals surface area contributed by atoms with Crippen molar-refractivity contribution < 1.29 is 14.3 Å². The molecule has 5 heteroatoms. The Morgan fingerprint density at radius 1 is 1.09 bits per heavy atom. The summed E-state index contributed by atoms with van der Waals surface area (Å²) in [6, 6.07) is 9.40.